The summed E-state index contributed by atoms with van der Waals surface area (Å²) in [5.41, 5.74) is 3.48. The quantitative estimate of drug-likeness (QED) is 0.550. The van der Waals surface area contributed by atoms with Gasteiger partial charge in [0.15, 0.2) is 0 Å². The lowest BCUT2D eigenvalue weighted by atomic mass is 10.0. The molecule has 0 spiro atoms. The van der Waals surface area contributed by atoms with Gasteiger partial charge in [-0.25, -0.2) is 14.2 Å². The Morgan fingerprint density at radius 3 is 2.70 bits per heavy atom. The number of pyridine rings is 1. The molecular weight excluding hydrogens is 347 g/mol. The first-order valence-corrected chi connectivity index (χ1v) is 8.21. The molecule has 0 aliphatic heterocycles. The van der Waals surface area contributed by atoms with Crippen molar-refractivity contribution in [2.75, 3.05) is 7.11 Å². The molecule has 0 unspecified atom stereocenters. The molecule has 0 fully saturated rings. The first kappa shape index (κ1) is 16.8. The van der Waals surface area contributed by atoms with Crippen LogP contribution >= 0.6 is 0 Å². The van der Waals surface area contributed by atoms with Gasteiger partial charge in [0.2, 0.25) is 0 Å². The maximum atomic E-state index is 14.1. The van der Waals surface area contributed by atoms with E-state index < -0.39 is 11.8 Å². The zero-order chi connectivity index (χ0) is 19.0. The van der Waals surface area contributed by atoms with Crippen molar-refractivity contribution in [1.29, 1.82) is 0 Å². The molecule has 0 atom stereocenters. The zero-order valence-corrected chi connectivity index (χ0v) is 14.4. The van der Waals surface area contributed by atoms with E-state index in [1.54, 1.807) is 25.6 Å². The molecule has 2 aromatic carbocycles. The highest BCUT2D eigenvalue weighted by Gasteiger charge is 2.14. The summed E-state index contributed by atoms with van der Waals surface area (Å²) in [5, 5.41) is 9.82. The lowest BCUT2D eigenvalue weighted by Crippen LogP contribution is -2.00. The minimum atomic E-state index is -1.29. The molecule has 27 heavy (non-hydrogen) atoms. The molecule has 2 heterocycles. The largest absolute Gasteiger partial charge is 0.497 e. The van der Waals surface area contributed by atoms with Crippen molar-refractivity contribution in [1.82, 2.24) is 9.97 Å². The van der Waals surface area contributed by atoms with Gasteiger partial charge in [-0.1, -0.05) is 18.2 Å². The Hall–Kier alpha value is -3.67. The third kappa shape index (κ3) is 3.01. The van der Waals surface area contributed by atoms with Crippen LogP contribution in [-0.4, -0.2) is 28.2 Å². The minimum Gasteiger partial charge on any atom is -0.497 e. The van der Waals surface area contributed by atoms with Crippen molar-refractivity contribution in [3.8, 4) is 28.0 Å². The summed E-state index contributed by atoms with van der Waals surface area (Å²) in [5.74, 6) is -1.32. The van der Waals surface area contributed by atoms with Crippen molar-refractivity contribution in [2.24, 2.45) is 0 Å². The van der Waals surface area contributed by atoms with Crippen LogP contribution in [0.4, 0.5) is 4.39 Å². The molecule has 2 N–H and O–H groups in total. The number of carboxylic acids is 1. The summed E-state index contributed by atoms with van der Waals surface area (Å²) >= 11 is 0. The van der Waals surface area contributed by atoms with Gasteiger partial charge in [-0.2, -0.15) is 0 Å². The van der Waals surface area contributed by atoms with Gasteiger partial charge in [0, 0.05) is 28.9 Å². The Kier molecular flexibility index (Phi) is 4.08. The van der Waals surface area contributed by atoms with Gasteiger partial charge in [-0.05, 0) is 41.5 Å². The topological polar surface area (TPSA) is 75.2 Å². The number of benzene rings is 2. The van der Waals surface area contributed by atoms with Crippen molar-refractivity contribution in [3.63, 3.8) is 0 Å². The molecular formula is C21H15FN2O3. The normalized spacial score (nSPS) is 10.9. The molecule has 2 aromatic heterocycles. The fourth-order valence-electron chi connectivity index (χ4n) is 3.06. The molecule has 6 heteroatoms. The molecule has 0 aliphatic rings. The van der Waals surface area contributed by atoms with Crippen LogP contribution in [0.2, 0.25) is 0 Å². The number of hydrogen-bond donors (Lipinski definition) is 2. The highest BCUT2D eigenvalue weighted by Crippen LogP contribution is 2.32. The number of halogens is 1. The molecule has 0 aliphatic carbocycles. The lowest BCUT2D eigenvalue weighted by molar-refractivity contribution is 0.0692. The number of ether oxygens (including phenoxy) is 1. The van der Waals surface area contributed by atoms with E-state index in [4.69, 9.17) is 9.84 Å². The zero-order valence-electron chi connectivity index (χ0n) is 14.4. The molecule has 0 amide bonds. The fraction of sp³-hybridized carbons (Fsp3) is 0.0476. The number of aromatic nitrogens is 2. The second kappa shape index (κ2) is 6.57. The third-order valence-corrected chi connectivity index (χ3v) is 4.44. The number of fused-ring (bicyclic) bond motifs is 1. The molecule has 4 rings (SSSR count). The van der Waals surface area contributed by atoms with E-state index in [0.29, 0.717) is 11.2 Å². The van der Waals surface area contributed by atoms with Crippen LogP contribution in [0.5, 0.6) is 5.75 Å². The average molecular weight is 362 g/mol. The highest BCUT2D eigenvalue weighted by molar-refractivity contribution is 5.96. The third-order valence-electron chi connectivity index (χ3n) is 4.44. The summed E-state index contributed by atoms with van der Waals surface area (Å²) < 4.78 is 19.4. The van der Waals surface area contributed by atoms with E-state index >= 15 is 0 Å². The monoisotopic (exact) mass is 362 g/mol. The number of nitrogens with one attached hydrogen (secondary N) is 1. The molecule has 4 aromatic rings. The van der Waals surface area contributed by atoms with Gasteiger partial charge in [0.05, 0.1) is 12.7 Å². The lowest BCUT2D eigenvalue weighted by Gasteiger charge is -2.06. The smallest absolute Gasteiger partial charge is 0.338 e. The first-order valence-electron chi connectivity index (χ1n) is 8.21. The molecule has 0 radical (unpaired) electrons. The van der Waals surface area contributed by atoms with E-state index in [0.717, 1.165) is 27.8 Å². The Bertz CT molecular complexity index is 1170. The second-order valence-corrected chi connectivity index (χ2v) is 6.05. The molecule has 134 valence electrons. The van der Waals surface area contributed by atoms with E-state index in [9.17, 15) is 9.18 Å². The Morgan fingerprint density at radius 1 is 1.11 bits per heavy atom. The van der Waals surface area contributed by atoms with Gasteiger partial charge in [-0.3, -0.25) is 0 Å². The van der Waals surface area contributed by atoms with Crippen molar-refractivity contribution in [3.05, 3.63) is 72.3 Å². The summed E-state index contributed by atoms with van der Waals surface area (Å²) in [6.07, 6.45) is 3.49. The van der Waals surface area contributed by atoms with Gasteiger partial charge >= 0.3 is 5.97 Å². The van der Waals surface area contributed by atoms with Gasteiger partial charge in [0.25, 0.3) is 0 Å². The molecule has 5 nitrogen and oxygen atoms in total. The van der Waals surface area contributed by atoms with Gasteiger partial charge in [-0.15, -0.1) is 0 Å². The molecule has 0 saturated heterocycles. The molecule has 0 bridgehead atoms. The number of H-pyrrole nitrogens is 1. The van der Waals surface area contributed by atoms with E-state index in [1.807, 2.05) is 30.3 Å². The van der Waals surface area contributed by atoms with E-state index in [-0.39, 0.29) is 5.56 Å². The number of aromatic carboxylic acids is 1. The highest BCUT2D eigenvalue weighted by atomic mass is 19.1. The summed E-state index contributed by atoms with van der Waals surface area (Å²) in [6, 6.07) is 13.7. The first-order chi connectivity index (χ1) is 13.1. The summed E-state index contributed by atoms with van der Waals surface area (Å²) in [4.78, 5) is 18.5. The van der Waals surface area contributed by atoms with Crippen molar-refractivity contribution in [2.45, 2.75) is 0 Å². The number of methoxy groups -OCH3 is 1. The van der Waals surface area contributed by atoms with Crippen LogP contribution in [0.3, 0.4) is 0 Å². The van der Waals surface area contributed by atoms with Crippen LogP contribution in [0.1, 0.15) is 10.4 Å². The fourth-order valence-corrected chi connectivity index (χ4v) is 3.06. The maximum Gasteiger partial charge on any atom is 0.338 e. The summed E-state index contributed by atoms with van der Waals surface area (Å²) in [6.45, 7) is 0. The number of carboxylic acid groups (broad SMARTS) is 1. The molecule has 0 saturated carbocycles. The van der Waals surface area contributed by atoms with Crippen LogP contribution in [0, 0.1) is 5.82 Å². The van der Waals surface area contributed by atoms with Gasteiger partial charge < -0.3 is 14.8 Å². The van der Waals surface area contributed by atoms with E-state index in [2.05, 4.69) is 9.97 Å². The maximum absolute atomic E-state index is 14.1. The number of hydrogen-bond acceptors (Lipinski definition) is 3. The SMILES string of the molecule is COc1cccc(-c2cnc3[nH]cc(-c4ccc(C(=O)O)c(F)c4)c3c2)c1. The van der Waals surface area contributed by atoms with Crippen molar-refractivity contribution >= 4 is 17.0 Å². The number of carbonyl (C=O) groups is 1. The Morgan fingerprint density at radius 2 is 1.96 bits per heavy atom. The summed E-state index contributed by atoms with van der Waals surface area (Å²) in [7, 11) is 1.61. The Balaban J connectivity index is 1.83. The second-order valence-electron chi connectivity index (χ2n) is 6.05. The number of aromatic amines is 1. The van der Waals surface area contributed by atoms with Crippen LogP contribution in [-0.2, 0) is 0 Å². The minimum absolute atomic E-state index is 0.353. The van der Waals surface area contributed by atoms with Crippen LogP contribution in [0.15, 0.2) is 60.9 Å². The predicted octanol–water partition coefficient (Wildman–Crippen LogP) is 4.74. The van der Waals surface area contributed by atoms with Gasteiger partial charge in [0.1, 0.15) is 17.2 Å². The number of nitrogens with zero attached hydrogens (tertiary/aromatic N) is 1. The van der Waals surface area contributed by atoms with Crippen LogP contribution < -0.4 is 4.74 Å². The predicted molar refractivity (Wildman–Crippen MR) is 100 cm³/mol. The Labute approximate surface area is 154 Å². The van der Waals surface area contributed by atoms with Crippen molar-refractivity contribution < 1.29 is 19.0 Å². The average Bonchev–Trinajstić information content (AvgIpc) is 3.11. The number of rotatable bonds is 4. The van der Waals surface area contributed by atoms with Crippen LogP contribution in [0.25, 0.3) is 33.3 Å². The van der Waals surface area contributed by atoms with E-state index in [1.165, 1.54) is 12.1 Å². The standard InChI is InChI=1S/C21H15FN2O3/c1-27-15-4-2-3-12(7-15)14-8-17-18(11-24-20(17)23-10-14)13-5-6-16(21(25)26)19(22)9-13/h2-11H,1H3,(H,23,24)(H,25,26).